The SMILES string of the molecule is Cc1cc(Cl)cc(O)c1-c1cc2cc[nH]c2nn1. The van der Waals surface area contributed by atoms with Gasteiger partial charge in [-0.05, 0) is 36.8 Å². The molecule has 1 aromatic carbocycles. The number of phenolic OH excluding ortho intramolecular Hbond substituents is 1. The Kier molecular flexibility index (Phi) is 2.45. The minimum atomic E-state index is 0.115. The molecule has 3 rings (SSSR count). The molecule has 0 radical (unpaired) electrons. The van der Waals surface area contributed by atoms with Gasteiger partial charge in [-0.25, -0.2) is 0 Å². The number of halogens is 1. The van der Waals surface area contributed by atoms with Crippen LogP contribution in [0.25, 0.3) is 22.3 Å². The van der Waals surface area contributed by atoms with Gasteiger partial charge in [0.25, 0.3) is 0 Å². The van der Waals surface area contributed by atoms with Gasteiger partial charge >= 0.3 is 0 Å². The molecule has 18 heavy (non-hydrogen) atoms. The van der Waals surface area contributed by atoms with E-state index in [9.17, 15) is 5.11 Å². The summed E-state index contributed by atoms with van der Waals surface area (Å²) in [6, 6.07) is 7.09. The molecule has 2 N–H and O–H groups in total. The van der Waals surface area contributed by atoms with Gasteiger partial charge < -0.3 is 10.1 Å². The van der Waals surface area contributed by atoms with Crippen molar-refractivity contribution in [2.45, 2.75) is 6.92 Å². The second-order valence-electron chi connectivity index (χ2n) is 4.13. The first kappa shape index (κ1) is 11.0. The number of phenols is 1. The van der Waals surface area contributed by atoms with Crippen molar-refractivity contribution in [3.05, 3.63) is 41.0 Å². The van der Waals surface area contributed by atoms with Crippen LogP contribution in [-0.4, -0.2) is 20.3 Å². The summed E-state index contributed by atoms with van der Waals surface area (Å²) in [5, 5.41) is 19.6. The van der Waals surface area contributed by atoms with Crippen molar-refractivity contribution in [2.75, 3.05) is 0 Å². The van der Waals surface area contributed by atoms with Crippen molar-refractivity contribution in [1.29, 1.82) is 0 Å². The van der Waals surface area contributed by atoms with Crippen molar-refractivity contribution in [3.8, 4) is 17.0 Å². The molecule has 0 aliphatic rings. The number of benzene rings is 1. The zero-order valence-corrected chi connectivity index (χ0v) is 10.4. The van der Waals surface area contributed by atoms with Crippen LogP contribution in [0.1, 0.15) is 5.56 Å². The Hall–Kier alpha value is -2.07. The van der Waals surface area contributed by atoms with E-state index in [1.54, 1.807) is 12.3 Å². The van der Waals surface area contributed by atoms with E-state index in [1.165, 1.54) is 6.07 Å². The number of aromatic hydroxyl groups is 1. The van der Waals surface area contributed by atoms with E-state index in [-0.39, 0.29) is 5.75 Å². The largest absolute Gasteiger partial charge is 0.507 e. The molecule has 90 valence electrons. The van der Waals surface area contributed by atoms with Crippen molar-refractivity contribution in [1.82, 2.24) is 15.2 Å². The molecule has 2 heterocycles. The van der Waals surface area contributed by atoms with Gasteiger partial charge in [0.1, 0.15) is 5.75 Å². The normalized spacial score (nSPS) is 11.0. The van der Waals surface area contributed by atoms with Crippen LogP contribution >= 0.6 is 11.6 Å². The van der Waals surface area contributed by atoms with Crippen LogP contribution in [-0.2, 0) is 0 Å². The number of H-pyrrole nitrogens is 1. The highest BCUT2D eigenvalue weighted by Gasteiger charge is 2.12. The van der Waals surface area contributed by atoms with Gasteiger partial charge in [-0.15, -0.1) is 10.2 Å². The van der Waals surface area contributed by atoms with Crippen LogP contribution < -0.4 is 0 Å². The average Bonchev–Trinajstić information content (AvgIpc) is 2.74. The Bertz CT molecular complexity index is 713. The number of nitrogens with one attached hydrogen (secondary N) is 1. The lowest BCUT2D eigenvalue weighted by Gasteiger charge is -2.08. The van der Waals surface area contributed by atoms with E-state index >= 15 is 0 Å². The molecule has 0 amide bonds. The second-order valence-corrected chi connectivity index (χ2v) is 4.56. The highest BCUT2D eigenvalue weighted by Crippen LogP contribution is 2.34. The highest BCUT2D eigenvalue weighted by atomic mass is 35.5. The number of aromatic amines is 1. The van der Waals surface area contributed by atoms with Crippen LogP contribution in [0.15, 0.2) is 30.5 Å². The lowest BCUT2D eigenvalue weighted by Crippen LogP contribution is -1.91. The van der Waals surface area contributed by atoms with Crippen molar-refractivity contribution < 1.29 is 5.11 Å². The molecule has 4 nitrogen and oxygen atoms in total. The van der Waals surface area contributed by atoms with Gasteiger partial charge in [0.05, 0.1) is 5.69 Å². The minimum absolute atomic E-state index is 0.115. The molecular formula is C13H10ClN3O. The number of fused-ring (bicyclic) bond motifs is 1. The molecule has 0 bridgehead atoms. The lowest BCUT2D eigenvalue weighted by molar-refractivity contribution is 0.476. The predicted octanol–water partition coefficient (Wildman–Crippen LogP) is 3.29. The Balaban J connectivity index is 2.25. The molecule has 0 aliphatic heterocycles. The van der Waals surface area contributed by atoms with Crippen LogP contribution in [0.3, 0.4) is 0 Å². The Morgan fingerprint density at radius 1 is 1.22 bits per heavy atom. The van der Waals surface area contributed by atoms with E-state index < -0.39 is 0 Å². The maximum atomic E-state index is 9.99. The Morgan fingerprint density at radius 3 is 2.83 bits per heavy atom. The number of hydrogen-bond acceptors (Lipinski definition) is 3. The summed E-state index contributed by atoms with van der Waals surface area (Å²) in [4.78, 5) is 2.98. The smallest absolute Gasteiger partial charge is 0.159 e. The van der Waals surface area contributed by atoms with Crippen LogP contribution in [0.5, 0.6) is 5.75 Å². The lowest BCUT2D eigenvalue weighted by atomic mass is 10.0. The quantitative estimate of drug-likeness (QED) is 0.705. The summed E-state index contributed by atoms with van der Waals surface area (Å²) in [6.07, 6.45) is 1.80. The second kappa shape index (κ2) is 3.99. The summed E-state index contributed by atoms with van der Waals surface area (Å²) in [5.41, 5.74) is 2.89. The Morgan fingerprint density at radius 2 is 2.06 bits per heavy atom. The summed E-state index contributed by atoms with van der Waals surface area (Å²) in [7, 11) is 0. The molecule has 0 aliphatic carbocycles. The fraction of sp³-hybridized carbons (Fsp3) is 0.0769. The van der Waals surface area contributed by atoms with E-state index in [2.05, 4.69) is 15.2 Å². The third-order valence-corrected chi connectivity index (χ3v) is 3.06. The molecule has 0 spiro atoms. The molecule has 5 heteroatoms. The molecular weight excluding hydrogens is 250 g/mol. The van der Waals surface area contributed by atoms with Crippen LogP contribution in [0.4, 0.5) is 0 Å². The van der Waals surface area contributed by atoms with E-state index in [4.69, 9.17) is 11.6 Å². The minimum Gasteiger partial charge on any atom is -0.507 e. The molecule has 0 unspecified atom stereocenters. The average molecular weight is 260 g/mol. The van der Waals surface area contributed by atoms with Gasteiger partial charge in [0.2, 0.25) is 0 Å². The van der Waals surface area contributed by atoms with Crippen molar-refractivity contribution in [2.24, 2.45) is 0 Å². The summed E-state index contributed by atoms with van der Waals surface area (Å²) >= 11 is 5.89. The highest BCUT2D eigenvalue weighted by molar-refractivity contribution is 6.31. The molecule has 2 aromatic heterocycles. The first-order valence-corrected chi connectivity index (χ1v) is 5.83. The van der Waals surface area contributed by atoms with E-state index in [0.717, 1.165) is 16.6 Å². The zero-order chi connectivity index (χ0) is 12.7. The number of nitrogens with zero attached hydrogens (tertiary/aromatic N) is 2. The molecule has 0 atom stereocenters. The standard InChI is InChI=1S/C13H10ClN3O/c1-7-4-9(14)6-11(18)12(7)10-5-8-2-3-15-13(8)17-16-10/h2-6,18H,1H3,(H,15,17). The summed E-state index contributed by atoms with van der Waals surface area (Å²) in [6.45, 7) is 1.88. The van der Waals surface area contributed by atoms with E-state index in [1.807, 2.05) is 19.1 Å². The fourth-order valence-electron chi connectivity index (χ4n) is 2.04. The van der Waals surface area contributed by atoms with Gasteiger partial charge in [-0.2, -0.15) is 0 Å². The zero-order valence-electron chi connectivity index (χ0n) is 9.61. The van der Waals surface area contributed by atoms with E-state index in [0.29, 0.717) is 16.3 Å². The number of aryl methyl sites for hydroxylation is 1. The topological polar surface area (TPSA) is 61.8 Å². The summed E-state index contributed by atoms with van der Waals surface area (Å²) < 4.78 is 0. The van der Waals surface area contributed by atoms with Gasteiger partial charge in [-0.1, -0.05) is 11.6 Å². The molecule has 0 fully saturated rings. The van der Waals surface area contributed by atoms with Gasteiger partial charge in [0.15, 0.2) is 5.65 Å². The first-order valence-electron chi connectivity index (χ1n) is 5.45. The molecule has 0 saturated heterocycles. The third kappa shape index (κ3) is 1.71. The molecule has 0 saturated carbocycles. The van der Waals surface area contributed by atoms with Crippen LogP contribution in [0.2, 0.25) is 5.02 Å². The molecule has 3 aromatic rings. The monoisotopic (exact) mass is 259 g/mol. The van der Waals surface area contributed by atoms with Gasteiger partial charge in [0, 0.05) is 22.2 Å². The summed E-state index contributed by atoms with van der Waals surface area (Å²) in [5.74, 6) is 0.115. The number of aromatic nitrogens is 3. The van der Waals surface area contributed by atoms with Crippen LogP contribution in [0, 0.1) is 6.92 Å². The predicted molar refractivity (Wildman–Crippen MR) is 70.7 cm³/mol. The first-order chi connectivity index (χ1) is 8.65. The maximum Gasteiger partial charge on any atom is 0.159 e. The number of hydrogen-bond donors (Lipinski definition) is 2. The Labute approximate surface area is 108 Å². The van der Waals surface area contributed by atoms with Gasteiger partial charge in [-0.3, -0.25) is 0 Å². The third-order valence-electron chi connectivity index (χ3n) is 2.84. The fourth-order valence-corrected chi connectivity index (χ4v) is 2.30. The van der Waals surface area contributed by atoms with Crippen molar-refractivity contribution in [3.63, 3.8) is 0 Å². The van der Waals surface area contributed by atoms with Crippen molar-refractivity contribution >= 4 is 22.6 Å². The number of rotatable bonds is 1. The maximum absolute atomic E-state index is 9.99.